The van der Waals surface area contributed by atoms with Crippen LogP contribution in [0, 0.1) is 53.8 Å². The van der Waals surface area contributed by atoms with Crippen molar-refractivity contribution in [1.82, 2.24) is 4.90 Å². The molecule has 2 saturated heterocycles. The molecule has 0 aromatic heterocycles. The Hall–Kier alpha value is -4.04. The molecule has 6 unspecified atom stereocenters. The second-order valence-corrected chi connectivity index (χ2v) is 13.0. The van der Waals surface area contributed by atoms with Crippen LogP contribution in [0.3, 0.4) is 0 Å². The number of nitrogens with zero attached hydrogens (tertiary/aromatic N) is 2. The number of allylic oxidation sites excluding steroid dienone is 2. The number of alkyl halides is 2. The molecule has 2 heterocycles. The smallest absolute Gasteiger partial charge is 0.305 e. The van der Waals surface area contributed by atoms with Gasteiger partial charge in [0.15, 0.2) is 33.0 Å². The van der Waals surface area contributed by atoms with Gasteiger partial charge in [-0.2, -0.15) is 0 Å². The first kappa shape index (κ1) is 31.9. The highest BCUT2D eigenvalue weighted by Gasteiger charge is 2.77. The number of benzene rings is 2. The van der Waals surface area contributed by atoms with Crippen molar-refractivity contribution in [2.45, 2.75) is 41.9 Å². The maximum absolute atomic E-state index is 15.1. The summed E-state index contributed by atoms with van der Waals surface area (Å²) in [5.41, 5.74) is -1.25. The molecule has 0 spiro atoms. The van der Waals surface area contributed by atoms with Gasteiger partial charge in [-0.15, -0.1) is 23.2 Å². The number of hydrogen-bond donors (Lipinski definition) is 2. The molecule has 46 heavy (non-hydrogen) atoms. The van der Waals surface area contributed by atoms with Crippen LogP contribution in [-0.2, 0) is 24.0 Å². The lowest BCUT2D eigenvalue weighted by Crippen LogP contribution is -2.60. The minimum Gasteiger partial charge on any atom is -0.508 e. The Bertz CT molecular complexity index is 1810. The van der Waals surface area contributed by atoms with Gasteiger partial charge in [0.2, 0.25) is 17.6 Å². The number of aliphatic carboxylic acids is 1. The summed E-state index contributed by atoms with van der Waals surface area (Å²) in [7, 11) is 0. The van der Waals surface area contributed by atoms with Crippen LogP contribution in [0.2, 0.25) is 0 Å². The van der Waals surface area contributed by atoms with Crippen LogP contribution in [-0.4, -0.2) is 61.0 Å². The number of halogens is 7. The van der Waals surface area contributed by atoms with Crippen molar-refractivity contribution >= 4 is 58.5 Å². The molecular weight excluding hydrogens is 666 g/mol. The maximum atomic E-state index is 15.1. The van der Waals surface area contributed by atoms with Crippen LogP contribution >= 0.6 is 23.2 Å². The second kappa shape index (κ2) is 10.5. The number of carbonyl (C=O) groups excluding carboxylic acids is 4. The number of rotatable bonds is 5. The van der Waals surface area contributed by atoms with E-state index in [1.54, 1.807) is 0 Å². The van der Waals surface area contributed by atoms with Gasteiger partial charge in [-0.05, 0) is 42.9 Å². The van der Waals surface area contributed by atoms with Gasteiger partial charge in [-0.1, -0.05) is 23.8 Å². The van der Waals surface area contributed by atoms with E-state index < -0.39 is 117 Å². The van der Waals surface area contributed by atoms with Gasteiger partial charge in [-0.25, -0.2) is 26.9 Å². The number of imide groups is 2. The first-order chi connectivity index (χ1) is 21.5. The summed E-state index contributed by atoms with van der Waals surface area (Å²) in [6, 6.07) is 3.94. The van der Waals surface area contributed by atoms with Crippen LogP contribution in [0.15, 0.2) is 29.8 Å². The van der Waals surface area contributed by atoms with Crippen LogP contribution in [0.25, 0.3) is 0 Å². The molecule has 4 amide bonds. The molecule has 0 bridgehead atoms. The molecule has 9 nitrogen and oxygen atoms in total. The summed E-state index contributed by atoms with van der Waals surface area (Å²) < 4.78 is 72.6. The lowest BCUT2D eigenvalue weighted by molar-refractivity contribution is -0.142. The summed E-state index contributed by atoms with van der Waals surface area (Å²) >= 11 is 14.0. The van der Waals surface area contributed by atoms with Crippen molar-refractivity contribution in [3.05, 3.63) is 70.1 Å². The average molecular weight is 687 g/mol. The zero-order valence-electron chi connectivity index (χ0n) is 23.4. The average Bonchev–Trinajstić information content (AvgIpc) is 3.33. The van der Waals surface area contributed by atoms with Crippen LogP contribution in [0.4, 0.5) is 27.6 Å². The zero-order valence-corrected chi connectivity index (χ0v) is 24.9. The quantitative estimate of drug-likeness (QED) is 0.119. The van der Waals surface area contributed by atoms with E-state index in [-0.39, 0.29) is 33.8 Å². The van der Waals surface area contributed by atoms with E-state index in [2.05, 4.69) is 0 Å². The fourth-order valence-corrected chi connectivity index (χ4v) is 8.23. The Morgan fingerprint density at radius 2 is 1.54 bits per heavy atom. The molecular formula is C30H21Cl2F5N2O7. The second-order valence-electron chi connectivity index (χ2n) is 11.7. The first-order valence-electron chi connectivity index (χ1n) is 13.8. The Morgan fingerprint density at radius 1 is 0.935 bits per heavy atom. The highest BCUT2D eigenvalue weighted by atomic mass is 35.5. The topological polar surface area (TPSA) is 132 Å². The highest BCUT2D eigenvalue weighted by molar-refractivity contribution is 6.58. The molecule has 2 aromatic rings. The molecule has 2 aliphatic heterocycles. The predicted octanol–water partition coefficient (Wildman–Crippen LogP) is 4.43. The van der Waals surface area contributed by atoms with E-state index in [1.165, 1.54) is 31.2 Å². The molecule has 2 aliphatic carbocycles. The molecule has 3 fully saturated rings. The van der Waals surface area contributed by atoms with Crippen molar-refractivity contribution < 1.29 is 56.1 Å². The Kier molecular flexibility index (Phi) is 7.28. The minimum atomic E-state index is -2.68. The van der Waals surface area contributed by atoms with Crippen molar-refractivity contribution in [2.24, 2.45) is 17.8 Å². The molecule has 2 aromatic carbocycles. The molecule has 242 valence electrons. The number of phenolic OH excluding ortho intramolecular Hbond substituents is 1. The van der Waals surface area contributed by atoms with Crippen LogP contribution < -0.4 is 4.90 Å². The highest BCUT2D eigenvalue weighted by Crippen LogP contribution is 2.66. The van der Waals surface area contributed by atoms with E-state index in [4.69, 9.17) is 28.3 Å². The van der Waals surface area contributed by atoms with Gasteiger partial charge in [0.1, 0.15) is 11.4 Å². The third kappa shape index (κ3) is 4.01. The van der Waals surface area contributed by atoms with Gasteiger partial charge >= 0.3 is 5.97 Å². The van der Waals surface area contributed by atoms with Gasteiger partial charge in [0.05, 0.1) is 18.3 Å². The third-order valence-electron chi connectivity index (χ3n) is 9.42. The van der Waals surface area contributed by atoms with Crippen molar-refractivity contribution in [1.29, 1.82) is 0 Å². The number of carboxylic acids is 1. The number of phenols is 1. The number of amides is 4. The summed E-state index contributed by atoms with van der Waals surface area (Å²) in [6.45, 7) is 1.04. The van der Waals surface area contributed by atoms with Crippen molar-refractivity contribution in [3.63, 3.8) is 0 Å². The Morgan fingerprint density at radius 3 is 2.13 bits per heavy atom. The number of carbonyl (C=O) groups is 5. The number of hydrogen-bond acceptors (Lipinski definition) is 6. The van der Waals surface area contributed by atoms with Crippen LogP contribution in [0.1, 0.15) is 36.3 Å². The van der Waals surface area contributed by atoms with Crippen molar-refractivity contribution in [2.75, 3.05) is 11.4 Å². The number of carboxylic acid groups (broad SMARTS) is 1. The van der Waals surface area contributed by atoms with E-state index in [9.17, 15) is 42.3 Å². The van der Waals surface area contributed by atoms with Gasteiger partial charge in [0, 0.05) is 12.5 Å². The summed E-state index contributed by atoms with van der Waals surface area (Å²) in [6.07, 6.45) is 0.209. The molecule has 6 atom stereocenters. The maximum Gasteiger partial charge on any atom is 0.305 e. The molecule has 0 radical (unpaired) electrons. The largest absolute Gasteiger partial charge is 0.508 e. The molecule has 16 heteroatoms. The summed E-state index contributed by atoms with van der Waals surface area (Å²) in [5, 5.41) is 19.3. The molecule has 1 saturated carbocycles. The van der Waals surface area contributed by atoms with Crippen LogP contribution in [0.5, 0.6) is 5.75 Å². The van der Waals surface area contributed by atoms with E-state index >= 15 is 8.78 Å². The molecule has 6 rings (SSSR count). The number of aromatic hydroxyl groups is 1. The predicted molar refractivity (Wildman–Crippen MR) is 148 cm³/mol. The fraction of sp³-hybridized carbons (Fsp3) is 0.367. The number of aryl methyl sites for hydroxylation is 1. The molecule has 4 aliphatic rings. The number of likely N-dealkylation sites (tertiary alicyclic amines) is 1. The Balaban J connectivity index is 1.56. The number of fused-ring (bicyclic) bond motifs is 4. The summed E-state index contributed by atoms with van der Waals surface area (Å²) in [5.74, 6) is -23.4. The lowest BCUT2D eigenvalue weighted by atomic mass is 9.56. The normalized spacial score (nSPS) is 30.4. The monoisotopic (exact) mass is 686 g/mol. The minimum absolute atomic E-state index is 0.0794. The number of anilines is 1. The Labute approximate surface area is 266 Å². The van der Waals surface area contributed by atoms with E-state index in [0.29, 0.717) is 0 Å². The SMILES string of the molecule is Cc1cc(C2C3=CCC4C(=O)N(CCC(=O)O)C(=O)C4C3CC3(Cl)C(=O)N(c4c(F)c(F)c(F)c(F)c4F)C(=O)C23Cl)ccc1O. The third-order valence-corrected chi connectivity index (χ3v) is 10.8. The van der Waals surface area contributed by atoms with Gasteiger partial charge in [-0.3, -0.25) is 28.9 Å². The fourth-order valence-electron chi connectivity index (χ4n) is 7.29. The standard InChI is InChI=1S/C30H21Cl2F5N2O7/c1-10-8-11(2-5-15(10)40)18-12-3-4-13-17(26(44)38(25(13)43)7-6-16(41)42)14(12)9-29(31)27(45)39(28(46)30(18,29)32)24-22(36)20(34)19(33)21(35)23(24)37/h2-3,5,8,13-14,17-18,40H,4,6-7,9H2,1H3,(H,41,42). The summed E-state index contributed by atoms with van der Waals surface area (Å²) in [4.78, 5) is 61.5. The van der Waals surface area contributed by atoms with Gasteiger partial charge in [0.25, 0.3) is 11.8 Å². The van der Waals surface area contributed by atoms with E-state index in [0.717, 1.165) is 4.90 Å². The first-order valence-corrected chi connectivity index (χ1v) is 14.6. The zero-order chi connectivity index (χ0) is 33.8. The lowest BCUT2D eigenvalue weighted by Gasteiger charge is -2.50. The van der Waals surface area contributed by atoms with Gasteiger partial charge < -0.3 is 10.2 Å². The van der Waals surface area contributed by atoms with E-state index in [1.807, 2.05) is 0 Å². The van der Waals surface area contributed by atoms with Crippen molar-refractivity contribution in [3.8, 4) is 5.75 Å². The molecule has 2 N–H and O–H groups in total.